The summed E-state index contributed by atoms with van der Waals surface area (Å²) < 4.78 is 25.5. The Bertz CT molecular complexity index is 1520. The highest BCUT2D eigenvalue weighted by atomic mass is 35.5. The summed E-state index contributed by atoms with van der Waals surface area (Å²) in [7, 11) is 0. The predicted molar refractivity (Wildman–Crippen MR) is 155 cm³/mol. The van der Waals surface area contributed by atoms with Crippen LogP contribution in [0, 0.1) is 18.2 Å². The summed E-state index contributed by atoms with van der Waals surface area (Å²) >= 11 is 11.3. The molecule has 12 heteroatoms. The Balaban J connectivity index is 0.000000189. The molecule has 0 saturated carbocycles. The van der Waals surface area contributed by atoms with Crippen LogP contribution in [0.4, 0.5) is 21.5 Å². The number of amides is 4. The number of benzene rings is 2. The zero-order chi connectivity index (χ0) is 30.1. The number of carbonyl (C=O) groups is 4. The monoisotopic (exact) mass is 613 g/mol. The van der Waals surface area contributed by atoms with E-state index in [0.29, 0.717) is 36.3 Å². The summed E-state index contributed by atoms with van der Waals surface area (Å²) in [4.78, 5) is 52.0. The smallest absolute Gasteiger partial charge is 0.265 e. The fraction of sp³-hybridized carbons (Fsp3) is 0.333. The summed E-state index contributed by atoms with van der Waals surface area (Å²) in [6, 6.07) is 9.64. The molecule has 0 aromatic heterocycles. The summed E-state index contributed by atoms with van der Waals surface area (Å²) in [5.41, 5.74) is 1.71. The quantitative estimate of drug-likeness (QED) is 0.287. The number of fused-ring (bicyclic) bond motifs is 2. The molecule has 42 heavy (non-hydrogen) atoms. The third-order valence-corrected chi connectivity index (χ3v) is 7.70. The van der Waals surface area contributed by atoms with Gasteiger partial charge in [-0.15, -0.1) is 6.42 Å². The molecule has 6 rings (SSSR count). The molecule has 9 nitrogen and oxygen atoms in total. The van der Waals surface area contributed by atoms with Gasteiger partial charge in [0, 0.05) is 17.2 Å². The summed E-state index contributed by atoms with van der Waals surface area (Å²) in [6.45, 7) is 2.08. The zero-order valence-corrected chi connectivity index (χ0v) is 24.1. The Morgan fingerprint density at radius 3 is 2.33 bits per heavy atom. The van der Waals surface area contributed by atoms with Gasteiger partial charge in [0.1, 0.15) is 18.1 Å². The Labute approximate surface area is 251 Å². The molecule has 0 fully saturated rings. The number of anilines is 3. The predicted octanol–water partition coefficient (Wildman–Crippen LogP) is 4.53. The molecule has 0 spiro atoms. The average Bonchev–Trinajstić information content (AvgIpc) is 3.23. The molecular formula is C30H26Cl2FN3O6. The van der Waals surface area contributed by atoms with Gasteiger partial charge >= 0.3 is 0 Å². The topological polar surface area (TPSA) is 96.5 Å². The van der Waals surface area contributed by atoms with Gasteiger partial charge in [-0.2, -0.15) is 0 Å². The van der Waals surface area contributed by atoms with E-state index in [1.54, 1.807) is 4.90 Å². The van der Waals surface area contributed by atoms with Crippen molar-refractivity contribution in [3.8, 4) is 23.8 Å². The maximum Gasteiger partial charge on any atom is 0.265 e. The molecule has 0 bridgehead atoms. The number of carbonyl (C=O) groups excluding carboxylic acids is 4. The molecule has 1 unspecified atom stereocenters. The molecule has 1 atom stereocenters. The third kappa shape index (κ3) is 5.30. The first-order chi connectivity index (χ1) is 20.1. The molecule has 3 heterocycles. The first-order valence-corrected chi connectivity index (χ1v) is 14.1. The van der Waals surface area contributed by atoms with E-state index in [1.165, 1.54) is 11.0 Å². The van der Waals surface area contributed by atoms with Crippen molar-refractivity contribution >= 4 is 63.9 Å². The van der Waals surface area contributed by atoms with Gasteiger partial charge in [0.2, 0.25) is 0 Å². The van der Waals surface area contributed by atoms with Gasteiger partial charge in [-0.25, -0.2) is 9.29 Å². The van der Waals surface area contributed by atoms with E-state index >= 15 is 0 Å². The molecule has 2 aromatic carbocycles. The molecule has 2 aromatic rings. The molecule has 218 valence electrons. The number of imide groups is 1. The SMILES string of the molecule is C#CCN1C(=O)COc2cc(F)c(N3C(=O)C4=C(CCCC4)C3=O)cc21.CC1COc2ccccc2N1C(=O)C(Cl)Cl. The molecule has 1 aliphatic carbocycles. The molecule has 4 aliphatic rings. The lowest BCUT2D eigenvalue weighted by Crippen LogP contribution is -2.47. The van der Waals surface area contributed by atoms with Crippen LogP contribution in [-0.2, 0) is 19.2 Å². The fourth-order valence-corrected chi connectivity index (χ4v) is 5.56. The second kappa shape index (κ2) is 12.0. The number of hydrogen-bond donors (Lipinski definition) is 0. The van der Waals surface area contributed by atoms with E-state index < -0.39 is 22.5 Å². The second-order valence-corrected chi connectivity index (χ2v) is 11.1. The van der Waals surface area contributed by atoms with Gasteiger partial charge in [0.25, 0.3) is 23.6 Å². The molecule has 0 saturated heterocycles. The summed E-state index contributed by atoms with van der Waals surface area (Å²) in [5, 5.41) is 0. The minimum atomic E-state index is -1.05. The Morgan fingerprint density at radius 1 is 1.02 bits per heavy atom. The van der Waals surface area contributed by atoms with Crippen molar-refractivity contribution in [2.75, 3.05) is 34.5 Å². The fourth-order valence-electron chi connectivity index (χ4n) is 5.35. The maximum atomic E-state index is 14.7. The standard InChI is InChI=1S/C19H15FN2O4.C11H11Cl2NO2/c1-2-7-21-15-9-14(13(20)8-16(15)26-10-17(21)23)22-18(24)11-5-3-4-6-12(11)19(22)25;1-7-6-16-9-5-3-2-4-8(9)14(7)11(15)10(12)13/h1,8-9H,3-7,10H2;2-5,7,10H,6H2,1H3. The van der Waals surface area contributed by atoms with Crippen LogP contribution in [-0.4, -0.2) is 54.3 Å². The average molecular weight is 614 g/mol. The number of terminal acetylenes is 1. The highest BCUT2D eigenvalue weighted by molar-refractivity contribution is 6.54. The van der Waals surface area contributed by atoms with Crippen molar-refractivity contribution in [2.45, 2.75) is 43.5 Å². The number of ether oxygens (including phenoxy) is 2. The van der Waals surface area contributed by atoms with Crippen LogP contribution in [0.15, 0.2) is 47.5 Å². The van der Waals surface area contributed by atoms with E-state index in [-0.39, 0.29) is 48.1 Å². The van der Waals surface area contributed by atoms with Crippen molar-refractivity contribution in [2.24, 2.45) is 0 Å². The number of para-hydroxylation sites is 2. The number of rotatable bonds is 3. The van der Waals surface area contributed by atoms with Crippen LogP contribution < -0.4 is 24.2 Å². The van der Waals surface area contributed by atoms with Gasteiger partial charge in [0.15, 0.2) is 17.3 Å². The molecule has 0 radical (unpaired) electrons. The van der Waals surface area contributed by atoms with E-state index in [1.807, 2.05) is 31.2 Å². The van der Waals surface area contributed by atoms with Crippen LogP contribution in [0.1, 0.15) is 32.6 Å². The van der Waals surface area contributed by atoms with E-state index in [4.69, 9.17) is 39.1 Å². The lowest BCUT2D eigenvalue weighted by atomic mass is 9.93. The van der Waals surface area contributed by atoms with Crippen molar-refractivity contribution in [3.05, 3.63) is 53.4 Å². The van der Waals surface area contributed by atoms with Gasteiger partial charge in [-0.3, -0.25) is 24.1 Å². The van der Waals surface area contributed by atoms with Crippen molar-refractivity contribution in [3.63, 3.8) is 0 Å². The Kier molecular flexibility index (Phi) is 8.43. The summed E-state index contributed by atoms with van der Waals surface area (Å²) in [5.74, 6) is 0.776. The highest BCUT2D eigenvalue weighted by Crippen LogP contribution is 2.42. The number of halogens is 3. The minimum Gasteiger partial charge on any atom is -0.489 e. The van der Waals surface area contributed by atoms with Crippen LogP contribution in [0.3, 0.4) is 0 Å². The lowest BCUT2D eigenvalue weighted by molar-refractivity contribution is -0.121. The number of hydrogen-bond acceptors (Lipinski definition) is 6. The lowest BCUT2D eigenvalue weighted by Gasteiger charge is -2.35. The van der Waals surface area contributed by atoms with Crippen molar-refractivity contribution in [1.82, 2.24) is 0 Å². The third-order valence-electron chi connectivity index (χ3n) is 7.32. The highest BCUT2D eigenvalue weighted by Gasteiger charge is 2.42. The number of alkyl halides is 2. The van der Waals surface area contributed by atoms with Crippen LogP contribution in [0.2, 0.25) is 0 Å². The first kappa shape index (κ1) is 29.4. The van der Waals surface area contributed by atoms with Crippen LogP contribution >= 0.6 is 23.2 Å². The Morgan fingerprint density at radius 2 is 1.69 bits per heavy atom. The minimum absolute atomic E-state index is 0.0170. The van der Waals surface area contributed by atoms with E-state index in [0.717, 1.165) is 29.5 Å². The van der Waals surface area contributed by atoms with Gasteiger partial charge in [0.05, 0.1) is 29.6 Å². The maximum absolute atomic E-state index is 14.7. The van der Waals surface area contributed by atoms with Crippen LogP contribution in [0.25, 0.3) is 0 Å². The molecule has 4 amide bonds. The van der Waals surface area contributed by atoms with Crippen molar-refractivity contribution < 1.29 is 33.0 Å². The zero-order valence-electron chi connectivity index (χ0n) is 22.6. The summed E-state index contributed by atoms with van der Waals surface area (Å²) in [6.07, 6.45) is 8.01. The largest absolute Gasteiger partial charge is 0.489 e. The molecule has 0 N–H and O–H groups in total. The van der Waals surface area contributed by atoms with E-state index in [2.05, 4.69) is 5.92 Å². The van der Waals surface area contributed by atoms with Gasteiger partial charge in [-0.05, 0) is 50.8 Å². The van der Waals surface area contributed by atoms with Crippen molar-refractivity contribution in [1.29, 1.82) is 0 Å². The number of nitrogens with zero attached hydrogens (tertiary/aromatic N) is 3. The normalized spacial score (nSPS) is 19.3. The van der Waals surface area contributed by atoms with Gasteiger partial charge < -0.3 is 14.4 Å². The first-order valence-electron chi connectivity index (χ1n) is 13.3. The second-order valence-electron chi connectivity index (χ2n) is 9.99. The van der Waals surface area contributed by atoms with Crippen LogP contribution in [0.5, 0.6) is 11.5 Å². The Hall–Kier alpha value is -4.07. The molecular weight excluding hydrogens is 588 g/mol. The van der Waals surface area contributed by atoms with Gasteiger partial charge in [-0.1, -0.05) is 41.3 Å². The van der Waals surface area contributed by atoms with E-state index in [9.17, 15) is 23.6 Å². The molecule has 3 aliphatic heterocycles.